The van der Waals surface area contributed by atoms with Crippen molar-refractivity contribution in [2.24, 2.45) is 0 Å². The van der Waals surface area contributed by atoms with E-state index in [1.54, 1.807) is 24.3 Å². The molecule has 0 saturated carbocycles. The molecule has 0 fully saturated rings. The molecular weight excluding hydrogens is 140 g/mol. The molecule has 0 N–H and O–H groups in total. The van der Waals surface area contributed by atoms with E-state index in [2.05, 4.69) is 0 Å². The van der Waals surface area contributed by atoms with Crippen LogP contribution in [0.4, 0.5) is 0 Å². The fourth-order valence-corrected chi connectivity index (χ4v) is 0.947. The average molecular weight is 147 g/mol. The second-order valence-electron chi connectivity index (χ2n) is 2.20. The van der Waals surface area contributed by atoms with E-state index in [9.17, 15) is 4.79 Å². The molecule has 0 aliphatic carbocycles. The Morgan fingerprint density at radius 2 is 2.18 bits per heavy atom. The zero-order valence-corrected chi connectivity index (χ0v) is 5.70. The van der Waals surface area contributed by atoms with Crippen LogP contribution in [0.3, 0.4) is 0 Å². The third-order valence-corrected chi connectivity index (χ3v) is 1.44. The topological polar surface area (TPSA) is 30.2 Å². The Kier molecular flexibility index (Phi) is 1.04. The van der Waals surface area contributed by atoms with Gasteiger partial charge < -0.3 is 4.42 Å². The molecule has 0 aliphatic rings. The fraction of sp³-hybridized carbons (Fsp3) is 0. The molecule has 0 saturated heterocycles. The number of hydrogen-bond acceptors (Lipinski definition) is 2. The SMILES string of the molecule is [2H]c1cccc2oc(=O)ccc12. The van der Waals surface area contributed by atoms with Crippen molar-refractivity contribution in [3.8, 4) is 0 Å². The van der Waals surface area contributed by atoms with Crippen molar-refractivity contribution in [2.45, 2.75) is 0 Å². The molecule has 2 nitrogen and oxygen atoms in total. The van der Waals surface area contributed by atoms with Gasteiger partial charge >= 0.3 is 5.63 Å². The molecule has 0 atom stereocenters. The zero-order valence-electron chi connectivity index (χ0n) is 6.70. The Hall–Kier alpha value is -1.57. The Labute approximate surface area is 64.5 Å². The third kappa shape index (κ3) is 1.03. The second-order valence-corrected chi connectivity index (χ2v) is 2.20. The Morgan fingerprint density at radius 1 is 1.27 bits per heavy atom. The molecule has 2 heteroatoms. The molecule has 1 heterocycles. The van der Waals surface area contributed by atoms with Crippen LogP contribution in [0.15, 0.2) is 45.6 Å². The quantitative estimate of drug-likeness (QED) is 0.532. The van der Waals surface area contributed by atoms with Crippen molar-refractivity contribution in [2.75, 3.05) is 0 Å². The third-order valence-electron chi connectivity index (χ3n) is 1.44. The van der Waals surface area contributed by atoms with Gasteiger partial charge in [-0.2, -0.15) is 0 Å². The molecule has 0 aliphatic heterocycles. The first kappa shape index (κ1) is 5.13. The zero-order chi connectivity index (χ0) is 8.55. The molecule has 1 aromatic heterocycles. The van der Waals surface area contributed by atoms with E-state index in [-0.39, 0.29) is 5.63 Å². The highest BCUT2D eigenvalue weighted by Gasteiger charge is 1.92. The molecule has 0 spiro atoms. The van der Waals surface area contributed by atoms with E-state index >= 15 is 0 Å². The summed E-state index contributed by atoms with van der Waals surface area (Å²) in [4.78, 5) is 10.8. The molecule has 11 heavy (non-hydrogen) atoms. The van der Waals surface area contributed by atoms with Crippen molar-refractivity contribution in [3.05, 3.63) is 46.8 Å². The molecule has 54 valence electrons. The number of hydrogen-bond donors (Lipinski definition) is 0. The van der Waals surface area contributed by atoms with Crippen LogP contribution in [0.5, 0.6) is 0 Å². The van der Waals surface area contributed by atoms with Crippen molar-refractivity contribution in [1.82, 2.24) is 0 Å². The van der Waals surface area contributed by atoms with Crippen LogP contribution in [0.1, 0.15) is 1.37 Å². The maximum Gasteiger partial charge on any atom is 0.336 e. The van der Waals surface area contributed by atoms with Crippen molar-refractivity contribution >= 4 is 11.0 Å². The first-order valence-corrected chi connectivity index (χ1v) is 3.27. The molecule has 2 aromatic rings. The molecular formula is C9H6O2. The summed E-state index contributed by atoms with van der Waals surface area (Å²) < 4.78 is 12.3. The number of para-hydroxylation sites is 1. The largest absolute Gasteiger partial charge is 0.423 e. The van der Waals surface area contributed by atoms with Gasteiger partial charge in [0.2, 0.25) is 0 Å². The summed E-state index contributed by atoms with van der Waals surface area (Å²) in [6.07, 6.45) is 0. The molecule has 0 radical (unpaired) electrons. The Morgan fingerprint density at radius 3 is 3.09 bits per heavy atom. The van der Waals surface area contributed by atoms with E-state index in [1.807, 2.05) is 0 Å². The van der Waals surface area contributed by atoms with Gasteiger partial charge in [0.25, 0.3) is 0 Å². The van der Waals surface area contributed by atoms with Gasteiger partial charge in [-0.05, 0) is 12.1 Å². The highest BCUT2D eigenvalue weighted by molar-refractivity contribution is 5.75. The molecule has 1 aromatic carbocycles. The van der Waals surface area contributed by atoms with Crippen LogP contribution in [0.2, 0.25) is 0 Å². The van der Waals surface area contributed by atoms with E-state index < -0.39 is 0 Å². The van der Waals surface area contributed by atoms with E-state index in [0.29, 0.717) is 17.0 Å². The van der Waals surface area contributed by atoms with Gasteiger partial charge in [0.1, 0.15) is 5.58 Å². The van der Waals surface area contributed by atoms with Crippen molar-refractivity contribution in [3.63, 3.8) is 0 Å². The first-order chi connectivity index (χ1) is 5.77. The average Bonchev–Trinajstić information content (AvgIpc) is 2.04. The Bertz CT molecular complexity index is 473. The van der Waals surface area contributed by atoms with E-state index in [0.717, 1.165) is 0 Å². The lowest BCUT2D eigenvalue weighted by Crippen LogP contribution is -1.93. The molecule has 0 unspecified atom stereocenters. The van der Waals surface area contributed by atoms with Crippen molar-refractivity contribution < 1.29 is 5.79 Å². The summed E-state index contributed by atoms with van der Waals surface area (Å²) in [5.41, 5.74) is 0.0862. The van der Waals surface area contributed by atoms with Crippen LogP contribution >= 0.6 is 0 Å². The lowest BCUT2D eigenvalue weighted by Gasteiger charge is -1.91. The van der Waals surface area contributed by atoms with Crippen LogP contribution in [0.25, 0.3) is 11.0 Å². The van der Waals surface area contributed by atoms with Gasteiger partial charge in [0.15, 0.2) is 0 Å². The predicted octanol–water partition coefficient (Wildman–Crippen LogP) is 1.79. The highest BCUT2D eigenvalue weighted by atomic mass is 16.4. The van der Waals surface area contributed by atoms with Crippen LogP contribution in [-0.4, -0.2) is 0 Å². The lowest BCUT2D eigenvalue weighted by molar-refractivity contribution is 0.561. The van der Waals surface area contributed by atoms with E-state index in [4.69, 9.17) is 5.79 Å². The minimum absolute atomic E-state index is 0.372. The summed E-state index contributed by atoms with van der Waals surface area (Å²) >= 11 is 0. The smallest absolute Gasteiger partial charge is 0.336 e. The van der Waals surface area contributed by atoms with Gasteiger partial charge in [-0.25, -0.2) is 4.79 Å². The molecule has 0 bridgehead atoms. The monoisotopic (exact) mass is 147 g/mol. The minimum Gasteiger partial charge on any atom is -0.423 e. The van der Waals surface area contributed by atoms with Crippen molar-refractivity contribution in [1.29, 1.82) is 0 Å². The van der Waals surface area contributed by atoms with Gasteiger partial charge in [-0.1, -0.05) is 18.2 Å². The fourth-order valence-electron chi connectivity index (χ4n) is 0.947. The van der Waals surface area contributed by atoms with Crippen LogP contribution in [0, 0.1) is 0 Å². The summed E-state index contributed by atoms with van der Waals surface area (Å²) in [5.74, 6) is 0. The summed E-state index contributed by atoms with van der Waals surface area (Å²) in [5, 5.41) is 0.664. The highest BCUT2D eigenvalue weighted by Crippen LogP contribution is 2.08. The van der Waals surface area contributed by atoms with Crippen LogP contribution < -0.4 is 5.63 Å². The van der Waals surface area contributed by atoms with E-state index in [1.165, 1.54) is 6.07 Å². The number of benzene rings is 1. The molecule has 2 rings (SSSR count). The minimum atomic E-state index is -0.381. The standard InChI is InChI=1S/C9H6O2/c10-9-6-5-7-3-1-2-4-8(7)11-9/h1-6H/i3D. The second kappa shape index (κ2) is 2.23. The lowest BCUT2D eigenvalue weighted by atomic mass is 10.2. The van der Waals surface area contributed by atoms with Gasteiger partial charge in [0.05, 0.1) is 1.37 Å². The maximum atomic E-state index is 10.8. The van der Waals surface area contributed by atoms with Crippen LogP contribution in [-0.2, 0) is 0 Å². The normalized spacial score (nSPS) is 11.5. The summed E-state index contributed by atoms with van der Waals surface area (Å²) in [7, 11) is 0. The Balaban J connectivity index is 2.96. The number of rotatable bonds is 0. The van der Waals surface area contributed by atoms with Gasteiger partial charge in [0, 0.05) is 11.5 Å². The maximum absolute atomic E-state index is 10.8. The summed E-state index contributed by atoms with van der Waals surface area (Å²) in [6, 6.07) is 8.31. The van der Waals surface area contributed by atoms with Gasteiger partial charge in [-0.3, -0.25) is 0 Å². The molecule has 0 amide bonds. The first-order valence-electron chi connectivity index (χ1n) is 3.77. The van der Waals surface area contributed by atoms with Gasteiger partial charge in [-0.15, -0.1) is 0 Å². The summed E-state index contributed by atoms with van der Waals surface area (Å²) in [6.45, 7) is 0. The number of fused-ring (bicyclic) bond motifs is 1. The predicted molar refractivity (Wildman–Crippen MR) is 42.5 cm³/mol.